The smallest absolute Gasteiger partial charge is 0.148 e. The summed E-state index contributed by atoms with van der Waals surface area (Å²) in [5.41, 5.74) is 6.56. The van der Waals surface area contributed by atoms with Crippen LogP contribution in [0, 0.1) is 11.2 Å². The first-order chi connectivity index (χ1) is 7.74. The molecule has 0 heterocycles. The minimum absolute atomic E-state index is 0.0931. The van der Waals surface area contributed by atoms with Crippen LogP contribution < -0.4 is 15.4 Å². The van der Waals surface area contributed by atoms with E-state index in [0.717, 1.165) is 6.54 Å². The van der Waals surface area contributed by atoms with Crippen molar-refractivity contribution in [2.24, 2.45) is 5.41 Å². The summed E-state index contributed by atoms with van der Waals surface area (Å²) in [4.78, 5) is 1.87. The maximum atomic E-state index is 13.8. The first-order valence-electron chi connectivity index (χ1n) is 5.59. The van der Waals surface area contributed by atoms with Crippen LogP contribution in [0.5, 0.6) is 5.75 Å². The number of rotatable bonds is 3. The average molecular weight is 240 g/mol. The van der Waals surface area contributed by atoms with Crippen molar-refractivity contribution in [1.82, 2.24) is 0 Å². The number of hydrogen-bond acceptors (Lipinski definition) is 3. The topological polar surface area (TPSA) is 38.5 Å². The number of methoxy groups -OCH3 is 1. The number of ether oxygens (including phenoxy) is 1. The van der Waals surface area contributed by atoms with Crippen molar-refractivity contribution in [3.8, 4) is 5.75 Å². The largest absolute Gasteiger partial charge is 0.495 e. The van der Waals surface area contributed by atoms with Crippen molar-refractivity contribution in [3.05, 3.63) is 17.9 Å². The van der Waals surface area contributed by atoms with Crippen LogP contribution in [0.1, 0.15) is 20.8 Å². The number of benzene rings is 1. The van der Waals surface area contributed by atoms with E-state index in [0.29, 0.717) is 17.1 Å². The molecule has 96 valence electrons. The maximum Gasteiger partial charge on any atom is 0.148 e. The third kappa shape index (κ3) is 3.51. The summed E-state index contributed by atoms with van der Waals surface area (Å²) in [6.45, 7) is 7.07. The number of anilines is 2. The van der Waals surface area contributed by atoms with E-state index >= 15 is 0 Å². The van der Waals surface area contributed by atoms with Crippen molar-refractivity contribution in [1.29, 1.82) is 0 Å². The highest BCUT2D eigenvalue weighted by molar-refractivity contribution is 5.63. The van der Waals surface area contributed by atoms with E-state index in [1.54, 1.807) is 6.07 Å². The number of nitrogens with two attached hydrogens (primary N) is 1. The Morgan fingerprint density at radius 3 is 2.41 bits per heavy atom. The van der Waals surface area contributed by atoms with Crippen LogP contribution in [0.3, 0.4) is 0 Å². The first kappa shape index (κ1) is 13.6. The molecule has 1 rings (SSSR count). The quantitative estimate of drug-likeness (QED) is 0.826. The molecule has 0 spiro atoms. The fourth-order valence-electron chi connectivity index (χ4n) is 1.82. The standard InChI is InChI=1S/C13H21FN2O/c1-13(2,3)8-16(4)11-7-12(17-5)10(15)6-9(11)14/h6-7H,8,15H2,1-5H3. The van der Waals surface area contributed by atoms with Gasteiger partial charge in [-0.25, -0.2) is 4.39 Å². The molecule has 0 unspecified atom stereocenters. The Bertz CT molecular complexity index is 399. The van der Waals surface area contributed by atoms with E-state index < -0.39 is 0 Å². The van der Waals surface area contributed by atoms with Gasteiger partial charge in [-0.1, -0.05) is 20.8 Å². The Morgan fingerprint density at radius 2 is 1.94 bits per heavy atom. The van der Waals surface area contributed by atoms with Crippen LogP contribution in [0.15, 0.2) is 12.1 Å². The predicted octanol–water partition coefficient (Wildman–Crippen LogP) is 2.90. The Kier molecular flexibility index (Phi) is 3.86. The fraction of sp³-hybridized carbons (Fsp3) is 0.538. The Hall–Kier alpha value is -1.45. The molecule has 3 nitrogen and oxygen atoms in total. The molecule has 1 aromatic rings. The molecule has 0 amide bonds. The van der Waals surface area contributed by atoms with Gasteiger partial charge in [-0.3, -0.25) is 0 Å². The molecular weight excluding hydrogens is 219 g/mol. The molecule has 0 radical (unpaired) electrons. The second-order valence-electron chi connectivity index (χ2n) is 5.46. The van der Waals surface area contributed by atoms with Gasteiger partial charge in [-0.15, -0.1) is 0 Å². The molecule has 2 N–H and O–H groups in total. The van der Waals surface area contributed by atoms with Crippen molar-refractivity contribution in [2.75, 3.05) is 31.3 Å². The van der Waals surface area contributed by atoms with Gasteiger partial charge in [-0.2, -0.15) is 0 Å². The highest BCUT2D eigenvalue weighted by Gasteiger charge is 2.18. The lowest BCUT2D eigenvalue weighted by atomic mass is 9.96. The van der Waals surface area contributed by atoms with E-state index in [1.165, 1.54) is 13.2 Å². The van der Waals surface area contributed by atoms with Crippen LogP contribution in [0.25, 0.3) is 0 Å². The molecule has 0 saturated heterocycles. The zero-order valence-electron chi connectivity index (χ0n) is 11.2. The molecule has 4 heteroatoms. The lowest BCUT2D eigenvalue weighted by molar-refractivity contribution is 0.410. The van der Waals surface area contributed by atoms with Gasteiger partial charge in [0, 0.05) is 25.7 Å². The van der Waals surface area contributed by atoms with Crippen molar-refractivity contribution < 1.29 is 9.13 Å². The van der Waals surface area contributed by atoms with Crippen molar-refractivity contribution >= 4 is 11.4 Å². The molecule has 0 aliphatic heterocycles. The van der Waals surface area contributed by atoms with Crippen LogP contribution in [0.4, 0.5) is 15.8 Å². The summed E-state index contributed by atoms with van der Waals surface area (Å²) in [5, 5.41) is 0. The molecule has 0 bridgehead atoms. The average Bonchev–Trinajstić information content (AvgIpc) is 2.14. The molecule has 0 atom stereocenters. The zero-order chi connectivity index (χ0) is 13.2. The highest BCUT2D eigenvalue weighted by atomic mass is 19.1. The summed E-state index contributed by atoms with van der Waals surface area (Å²) in [5.74, 6) is 0.178. The molecule has 0 aliphatic rings. The van der Waals surface area contributed by atoms with E-state index in [2.05, 4.69) is 20.8 Å². The lowest BCUT2D eigenvalue weighted by Gasteiger charge is -2.28. The third-order valence-corrected chi connectivity index (χ3v) is 2.42. The SMILES string of the molecule is COc1cc(N(C)CC(C)(C)C)c(F)cc1N. The highest BCUT2D eigenvalue weighted by Crippen LogP contribution is 2.31. The molecule has 0 aliphatic carbocycles. The summed E-state index contributed by atoms with van der Waals surface area (Å²) in [6.07, 6.45) is 0. The summed E-state index contributed by atoms with van der Waals surface area (Å²) in [7, 11) is 3.39. The number of nitrogens with zero attached hydrogens (tertiary/aromatic N) is 1. The second kappa shape index (κ2) is 4.82. The van der Waals surface area contributed by atoms with Crippen LogP contribution in [-0.2, 0) is 0 Å². The molecule has 0 aromatic heterocycles. The minimum Gasteiger partial charge on any atom is -0.495 e. The molecular formula is C13H21FN2O. The van der Waals surface area contributed by atoms with Crippen molar-refractivity contribution in [2.45, 2.75) is 20.8 Å². The maximum absolute atomic E-state index is 13.8. The van der Waals surface area contributed by atoms with Crippen LogP contribution >= 0.6 is 0 Å². The number of halogens is 1. The van der Waals surface area contributed by atoms with Gasteiger partial charge in [0.1, 0.15) is 11.6 Å². The zero-order valence-corrected chi connectivity index (χ0v) is 11.2. The second-order valence-corrected chi connectivity index (χ2v) is 5.46. The van der Waals surface area contributed by atoms with Gasteiger partial charge in [0.05, 0.1) is 18.5 Å². The van der Waals surface area contributed by atoms with Crippen LogP contribution in [0.2, 0.25) is 0 Å². The fourth-order valence-corrected chi connectivity index (χ4v) is 1.82. The van der Waals surface area contributed by atoms with Crippen molar-refractivity contribution in [3.63, 3.8) is 0 Å². The van der Waals surface area contributed by atoms with Gasteiger partial charge in [0.2, 0.25) is 0 Å². The van der Waals surface area contributed by atoms with Gasteiger partial charge in [0.25, 0.3) is 0 Å². The summed E-state index contributed by atoms with van der Waals surface area (Å²) in [6, 6.07) is 2.93. The lowest BCUT2D eigenvalue weighted by Crippen LogP contribution is -2.29. The van der Waals surface area contributed by atoms with Crippen LogP contribution in [-0.4, -0.2) is 20.7 Å². The third-order valence-electron chi connectivity index (χ3n) is 2.42. The predicted molar refractivity (Wildman–Crippen MR) is 70.1 cm³/mol. The van der Waals surface area contributed by atoms with Gasteiger partial charge in [0.15, 0.2) is 0 Å². The van der Waals surface area contributed by atoms with E-state index in [4.69, 9.17) is 10.5 Å². The van der Waals surface area contributed by atoms with E-state index in [-0.39, 0.29) is 11.2 Å². The molecule has 0 fully saturated rings. The molecule has 0 saturated carbocycles. The monoisotopic (exact) mass is 240 g/mol. The Balaban J connectivity index is 3.05. The molecule has 1 aromatic carbocycles. The molecule has 17 heavy (non-hydrogen) atoms. The Morgan fingerprint density at radius 1 is 1.35 bits per heavy atom. The number of nitrogen functional groups attached to an aromatic ring is 1. The van der Waals surface area contributed by atoms with E-state index in [9.17, 15) is 4.39 Å². The van der Waals surface area contributed by atoms with Gasteiger partial charge < -0.3 is 15.4 Å². The summed E-state index contributed by atoms with van der Waals surface area (Å²) >= 11 is 0. The Labute approximate surface area is 102 Å². The van der Waals surface area contributed by atoms with E-state index in [1.807, 2.05) is 11.9 Å². The normalized spacial score (nSPS) is 11.4. The van der Waals surface area contributed by atoms with Gasteiger partial charge in [-0.05, 0) is 5.41 Å². The minimum atomic E-state index is -0.324. The summed E-state index contributed by atoms with van der Waals surface area (Å²) < 4.78 is 18.9. The first-order valence-corrected chi connectivity index (χ1v) is 5.59. The van der Waals surface area contributed by atoms with Gasteiger partial charge >= 0.3 is 0 Å². The number of hydrogen-bond donors (Lipinski definition) is 1.